The van der Waals surface area contributed by atoms with E-state index < -0.39 is 18.1 Å². The molecule has 1 N–H and O–H groups in total. The van der Waals surface area contributed by atoms with Gasteiger partial charge < -0.3 is 19.5 Å². The van der Waals surface area contributed by atoms with Gasteiger partial charge in [-0.15, -0.1) is 0 Å². The summed E-state index contributed by atoms with van der Waals surface area (Å²) in [7, 11) is 2.31. The maximum Gasteiger partial charge on any atom is 0.386 e. The number of nitrogens with one attached hydrogen (secondary N) is 1. The number of hydrogen-bond donors (Lipinski definition) is 1. The third kappa shape index (κ3) is 4.06. The highest BCUT2D eigenvalue weighted by Gasteiger charge is 2.46. The van der Waals surface area contributed by atoms with Gasteiger partial charge in [0.15, 0.2) is 0 Å². The maximum atomic E-state index is 13.6. The number of halogens is 2. The van der Waals surface area contributed by atoms with E-state index in [9.17, 15) is 13.6 Å². The second kappa shape index (κ2) is 7.04. The van der Waals surface area contributed by atoms with Crippen molar-refractivity contribution >= 4 is 11.7 Å². The van der Waals surface area contributed by atoms with E-state index in [1.165, 1.54) is 26.2 Å². The lowest BCUT2D eigenvalue weighted by atomic mass is 10.2. The molecular formula is C13H17F2NO4. The number of rotatable bonds is 7. The molecule has 7 heteroatoms. The lowest BCUT2D eigenvalue weighted by Gasteiger charge is -2.25. The van der Waals surface area contributed by atoms with Crippen LogP contribution in [-0.2, 0) is 14.3 Å². The van der Waals surface area contributed by atoms with Gasteiger partial charge in [0.2, 0.25) is 6.04 Å². The fraction of sp³-hybridized carbons (Fsp3) is 0.462. The van der Waals surface area contributed by atoms with Crippen LogP contribution in [-0.4, -0.2) is 38.9 Å². The quantitative estimate of drug-likeness (QED) is 0.780. The topological polar surface area (TPSA) is 56.8 Å². The van der Waals surface area contributed by atoms with Crippen molar-refractivity contribution in [2.75, 3.05) is 26.1 Å². The van der Waals surface area contributed by atoms with Crippen molar-refractivity contribution in [3.63, 3.8) is 0 Å². The zero-order valence-electron chi connectivity index (χ0n) is 11.5. The second-order valence-corrected chi connectivity index (χ2v) is 3.82. The lowest BCUT2D eigenvalue weighted by molar-refractivity contribution is -0.234. The molecule has 0 saturated heterocycles. The molecule has 0 heterocycles. The normalized spacial score (nSPS) is 12.7. The summed E-state index contributed by atoms with van der Waals surface area (Å²) in [5.74, 6) is -0.517. The first kappa shape index (κ1) is 16.2. The summed E-state index contributed by atoms with van der Waals surface area (Å²) in [6.07, 6.45) is -3.69. The average molecular weight is 289 g/mol. The number of anilines is 1. The highest BCUT2D eigenvalue weighted by Crippen LogP contribution is 2.25. The van der Waals surface area contributed by atoms with Crippen LogP contribution < -0.4 is 10.1 Å². The number of esters is 1. The van der Waals surface area contributed by atoms with E-state index in [0.717, 1.165) is 7.11 Å². The van der Waals surface area contributed by atoms with Crippen molar-refractivity contribution in [1.82, 2.24) is 0 Å². The number of methoxy groups -OCH3 is 2. The van der Waals surface area contributed by atoms with Crippen molar-refractivity contribution in [2.45, 2.75) is 19.1 Å². The Kier molecular flexibility index (Phi) is 5.69. The molecule has 5 nitrogen and oxygen atoms in total. The molecule has 1 aromatic carbocycles. The molecule has 0 saturated carbocycles. The molecule has 0 aliphatic heterocycles. The monoisotopic (exact) mass is 289 g/mol. The number of alkyl halides is 2. The van der Waals surface area contributed by atoms with Gasteiger partial charge in [-0.2, -0.15) is 8.78 Å². The first-order valence-electron chi connectivity index (χ1n) is 5.94. The minimum atomic E-state index is -3.69. The molecule has 0 aromatic heterocycles. The highest BCUT2D eigenvalue weighted by atomic mass is 19.3. The van der Waals surface area contributed by atoms with Gasteiger partial charge in [-0.25, -0.2) is 4.79 Å². The van der Waals surface area contributed by atoms with Crippen LogP contribution >= 0.6 is 0 Å². The fourth-order valence-corrected chi connectivity index (χ4v) is 1.48. The van der Waals surface area contributed by atoms with Crippen molar-refractivity contribution in [1.29, 1.82) is 0 Å². The summed E-state index contributed by atoms with van der Waals surface area (Å²) < 4.78 is 40.9. The first-order valence-corrected chi connectivity index (χ1v) is 5.94. The molecule has 1 aromatic rings. The third-order valence-electron chi connectivity index (χ3n) is 2.53. The molecule has 20 heavy (non-hydrogen) atoms. The van der Waals surface area contributed by atoms with E-state index in [1.807, 2.05) is 0 Å². The van der Waals surface area contributed by atoms with E-state index in [2.05, 4.69) is 14.8 Å². The Bertz CT molecular complexity index is 437. The van der Waals surface area contributed by atoms with Gasteiger partial charge in [0.05, 0.1) is 13.7 Å². The molecule has 0 spiro atoms. The Balaban J connectivity index is 2.90. The van der Waals surface area contributed by atoms with Gasteiger partial charge in [-0.05, 0) is 31.2 Å². The standard InChI is InChI=1S/C13H17F2NO4/c1-4-20-12(17)11(13(14,15)19-3)16-9-5-7-10(18-2)8-6-9/h5-8,11,16H,4H2,1-3H3. The highest BCUT2D eigenvalue weighted by molar-refractivity contribution is 5.80. The molecule has 0 radical (unpaired) electrons. The van der Waals surface area contributed by atoms with Crippen LogP contribution in [0.3, 0.4) is 0 Å². The van der Waals surface area contributed by atoms with Crippen LogP contribution in [0.5, 0.6) is 5.75 Å². The molecule has 0 aliphatic carbocycles. The van der Waals surface area contributed by atoms with Gasteiger partial charge in [0.1, 0.15) is 5.75 Å². The number of hydrogen-bond acceptors (Lipinski definition) is 5. The predicted octanol–water partition coefficient (Wildman–Crippen LogP) is 2.28. The van der Waals surface area contributed by atoms with Crippen LogP contribution in [0.2, 0.25) is 0 Å². The minimum absolute atomic E-state index is 0.000575. The van der Waals surface area contributed by atoms with Crippen molar-refractivity contribution in [2.24, 2.45) is 0 Å². The van der Waals surface area contributed by atoms with Gasteiger partial charge in [-0.3, -0.25) is 0 Å². The van der Waals surface area contributed by atoms with E-state index in [0.29, 0.717) is 11.4 Å². The Morgan fingerprint density at radius 3 is 2.35 bits per heavy atom. The zero-order valence-corrected chi connectivity index (χ0v) is 11.5. The molecule has 0 amide bonds. The summed E-state index contributed by atoms with van der Waals surface area (Å²) in [5, 5.41) is 2.40. The Morgan fingerprint density at radius 1 is 1.30 bits per heavy atom. The summed E-state index contributed by atoms with van der Waals surface area (Å²) in [4.78, 5) is 11.6. The van der Waals surface area contributed by atoms with E-state index in [-0.39, 0.29) is 6.61 Å². The average Bonchev–Trinajstić information content (AvgIpc) is 2.45. The molecule has 1 atom stereocenters. The molecule has 1 unspecified atom stereocenters. The minimum Gasteiger partial charge on any atom is -0.497 e. The van der Waals surface area contributed by atoms with Crippen molar-refractivity contribution in [3.05, 3.63) is 24.3 Å². The summed E-state index contributed by atoms with van der Waals surface area (Å²) in [5.41, 5.74) is 0.320. The summed E-state index contributed by atoms with van der Waals surface area (Å²) >= 11 is 0. The van der Waals surface area contributed by atoms with Gasteiger partial charge in [0, 0.05) is 12.8 Å². The molecule has 1 rings (SSSR count). The van der Waals surface area contributed by atoms with Crippen LogP contribution in [0.15, 0.2) is 24.3 Å². The Labute approximate surface area is 115 Å². The first-order chi connectivity index (χ1) is 9.44. The second-order valence-electron chi connectivity index (χ2n) is 3.82. The predicted molar refractivity (Wildman–Crippen MR) is 69.0 cm³/mol. The summed E-state index contributed by atoms with van der Waals surface area (Å²) in [6, 6.07) is 4.25. The SMILES string of the molecule is CCOC(=O)C(Nc1ccc(OC)cc1)C(F)(F)OC. The molecule has 0 bridgehead atoms. The van der Waals surface area contributed by atoms with Crippen LogP contribution in [0.1, 0.15) is 6.92 Å². The smallest absolute Gasteiger partial charge is 0.386 e. The van der Waals surface area contributed by atoms with Gasteiger partial charge >= 0.3 is 12.1 Å². The van der Waals surface area contributed by atoms with Crippen LogP contribution in [0.4, 0.5) is 14.5 Å². The summed E-state index contributed by atoms with van der Waals surface area (Å²) in [6.45, 7) is 1.53. The van der Waals surface area contributed by atoms with E-state index in [4.69, 9.17) is 4.74 Å². The molecule has 0 fully saturated rings. The number of benzene rings is 1. The number of carbonyl (C=O) groups excluding carboxylic acids is 1. The Hall–Kier alpha value is -1.89. The van der Waals surface area contributed by atoms with Crippen molar-refractivity contribution in [3.8, 4) is 5.75 Å². The van der Waals surface area contributed by atoms with E-state index in [1.54, 1.807) is 12.1 Å². The van der Waals surface area contributed by atoms with E-state index >= 15 is 0 Å². The molecule has 0 aliphatic rings. The fourth-order valence-electron chi connectivity index (χ4n) is 1.48. The van der Waals surface area contributed by atoms with Crippen LogP contribution in [0.25, 0.3) is 0 Å². The maximum absolute atomic E-state index is 13.6. The van der Waals surface area contributed by atoms with Gasteiger partial charge in [0.25, 0.3) is 0 Å². The molecule has 112 valence electrons. The largest absolute Gasteiger partial charge is 0.497 e. The number of carbonyl (C=O) groups is 1. The number of ether oxygens (including phenoxy) is 3. The lowest BCUT2D eigenvalue weighted by Crippen LogP contribution is -2.48. The van der Waals surface area contributed by atoms with Gasteiger partial charge in [-0.1, -0.05) is 0 Å². The van der Waals surface area contributed by atoms with Crippen molar-refractivity contribution < 1.29 is 27.8 Å². The molecular weight excluding hydrogens is 272 g/mol. The van der Waals surface area contributed by atoms with Crippen LogP contribution in [0, 0.1) is 0 Å². The Morgan fingerprint density at radius 2 is 1.90 bits per heavy atom. The zero-order chi connectivity index (χ0) is 15.2. The third-order valence-corrected chi connectivity index (χ3v) is 2.53.